The van der Waals surface area contributed by atoms with Crippen molar-refractivity contribution in [2.75, 3.05) is 0 Å². The van der Waals surface area contributed by atoms with Crippen molar-refractivity contribution in [1.82, 2.24) is 9.78 Å². The van der Waals surface area contributed by atoms with Gasteiger partial charge in [0.25, 0.3) is 5.56 Å². The Morgan fingerprint density at radius 2 is 1.95 bits per heavy atom. The van der Waals surface area contributed by atoms with E-state index in [1.54, 1.807) is 30.3 Å². The maximum Gasteiger partial charge on any atom is 0.303 e. The van der Waals surface area contributed by atoms with Crippen LogP contribution < -0.4 is 5.56 Å². The fourth-order valence-electron chi connectivity index (χ4n) is 1.64. The van der Waals surface area contributed by atoms with Gasteiger partial charge in [0.1, 0.15) is 11.4 Å². The summed E-state index contributed by atoms with van der Waals surface area (Å²) in [6, 6.07) is 9.76. The molecule has 6 nitrogen and oxygen atoms in total. The van der Waals surface area contributed by atoms with Crippen LogP contribution in [0.2, 0.25) is 0 Å². The second-order valence-electron chi connectivity index (χ2n) is 3.96. The Kier molecular flexibility index (Phi) is 3.61. The molecule has 2 aromatic rings. The SMILES string of the molecule is O=C(O)CCc1nn(-c2ccccc2)c(=O)cc1O. The van der Waals surface area contributed by atoms with Gasteiger partial charge in [-0.3, -0.25) is 9.59 Å². The Bertz CT molecular complexity index is 649. The summed E-state index contributed by atoms with van der Waals surface area (Å²) in [5.74, 6) is -1.27. The fraction of sp³-hybridized carbons (Fsp3) is 0.154. The molecule has 98 valence electrons. The van der Waals surface area contributed by atoms with E-state index in [0.717, 1.165) is 10.7 Å². The second-order valence-corrected chi connectivity index (χ2v) is 3.96. The van der Waals surface area contributed by atoms with Crippen LogP contribution in [0.15, 0.2) is 41.2 Å². The predicted molar refractivity (Wildman–Crippen MR) is 67.5 cm³/mol. The first-order chi connectivity index (χ1) is 9.08. The van der Waals surface area contributed by atoms with Crippen LogP contribution in [-0.2, 0) is 11.2 Å². The standard InChI is InChI=1S/C13H12N2O4/c16-11-8-12(17)15(9-4-2-1-3-5-9)14-10(11)6-7-13(18)19/h1-5,8,16H,6-7H2,(H,18,19). The quantitative estimate of drug-likeness (QED) is 0.854. The Hall–Kier alpha value is -2.63. The Morgan fingerprint density at radius 3 is 2.58 bits per heavy atom. The number of aromatic nitrogens is 2. The molecule has 0 saturated heterocycles. The van der Waals surface area contributed by atoms with E-state index in [1.807, 2.05) is 0 Å². The molecular weight excluding hydrogens is 248 g/mol. The van der Waals surface area contributed by atoms with Gasteiger partial charge in [-0.05, 0) is 12.1 Å². The van der Waals surface area contributed by atoms with Gasteiger partial charge in [-0.25, -0.2) is 0 Å². The minimum atomic E-state index is -0.987. The molecule has 1 heterocycles. The Labute approximate surface area is 108 Å². The second kappa shape index (κ2) is 5.34. The van der Waals surface area contributed by atoms with Crippen LogP contribution in [0.4, 0.5) is 0 Å². The van der Waals surface area contributed by atoms with Crippen molar-refractivity contribution >= 4 is 5.97 Å². The monoisotopic (exact) mass is 260 g/mol. The Balaban J connectivity index is 2.42. The van der Waals surface area contributed by atoms with Crippen molar-refractivity contribution in [3.8, 4) is 11.4 Å². The average Bonchev–Trinajstić information content (AvgIpc) is 2.38. The number of carboxylic acids is 1. The highest BCUT2D eigenvalue weighted by Gasteiger charge is 2.10. The molecule has 0 unspecified atom stereocenters. The van der Waals surface area contributed by atoms with E-state index in [4.69, 9.17) is 5.11 Å². The number of hydrogen-bond acceptors (Lipinski definition) is 4. The highest BCUT2D eigenvalue weighted by atomic mass is 16.4. The molecule has 0 aliphatic heterocycles. The highest BCUT2D eigenvalue weighted by molar-refractivity contribution is 5.67. The molecular formula is C13H12N2O4. The molecule has 0 aliphatic carbocycles. The number of hydrogen-bond donors (Lipinski definition) is 2. The zero-order valence-corrected chi connectivity index (χ0v) is 9.98. The lowest BCUT2D eigenvalue weighted by atomic mass is 10.2. The number of rotatable bonds is 4. The third kappa shape index (κ3) is 2.98. The summed E-state index contributed by atoms with van der Waals surface area (Å²) in [6.07, 6.45) is -0.0954. The van der Waals surface area contributed by atoms with Gasteiger partial charge >= 0.3 is 5.97 Å². The third-order valence-corrected chi connectivity index (χ3v) is 2.56. The van der Waals surface area contributed by atoms with Crippen molar-refractivity contribution in [3.63, 3.8) is 0 Å². The molecule has 0 saturated carbocycles. The Morgan fingerprint density at radius 1 is 1.26 bits per heavy atom. The molecule has 0 spiro atoms. The lowest BCUT2D eigenvalue weighted by Gasteiger charge is -2.07. The zero-order valence-electron chi connectivity index (χ0n) is 9.98. The van der Waals surface area contributed by atoms with Gasteiger partial charge in [0.15, 0.2) is 0 Å². The smallest absolute Gasteiger partial charge is 0.303 e. The highest BCUT2D eigenvalue weighted by Crippen LogP contribution is 2.14. The van der Waals surface area contributed by atoms with Gasteiger partial charge < -0.3 is 10.2 Å². The number of para-hydroxylation sites is 1. The zero-order chi connectivity index (χ0) is 13.8. The van der Waals surface area contributed by atoms with E-state index in [9.17, 15) is 14.7 Å². The first-order valence-electron chi connectivity index (χ1n) is 5.67. The molecule has 2 N–H and O–H groups in total. The number of nitrogens with zero attached hydrogens (tertiary/aromatic N) is 2. The van der Waals surface area contributed by atoms with Crippen LogP contribution in [0.3, 0.4) is 0 Å². The molecule has 19 heavy (non-hydrogen) atoms. The van der Waals surface area contributed by atoms with Crippen molar-refractivity contribution < 1.29 is 15.0 Å². The summed E-state index contributed by atoms with van der Waals surface area (Å²) >= 11 is 0. The summed E-state index contributed by atoms with van der Waals surface area (Å²) in [5.41, 5.74) is 0.276. The number of aliphatic carboxylic acids is 1. The van der Waals surface area contributed by atoms with Crippen LogP contribution in [0.1, 0.15) is 12.1 Å². The van der Waals surface area contributed by atoms with Crippen molar-refractivity contribution in [2.24, 2.45) is 0 Å². The van der Waals surface area contributed by atoms with Gasteiger partial charge in [0.2, 0.25) is 0 Å². The maximum atomic E-state index is 11.8. The summed E-state index contributed by atoms with van der Waals surface area (Å²) < 4.78 is 1.14. The van der Waals surface area contributed by atoms with E-state index in [2.05, 4.69) is 5.10 Å². The molecule has 0 radical (unpaired) electrons. The number of benzene rings is 1. The number of carboxylic acid groups (broad SMARTS) is 1. The normalized spacial score (nSPS) is 10.3. The lowest BCUT2D eigenvalue weighted by Crippen LogP contribution is -2.21. The molecule has 0 amide bonds. The van der Waals surface area contributed by atoms with E-state index in [1.165, 1.54) is 0 Å². The molecule has 1 aromatic heterocycles. The maximum absolute atomic E-state index is 11.8. The van der Waals surface area contributed by atoms with Gasteiger partial charge in [0, 0.05) is 12.5 Å². The predicted octanol–water partition coefficient (Wildman–Crippen LogP) is 0.955. The van der Waals surface area contributed by atoms with Crippen molar-refractivity contribution in [3.05, 3.63) is 52.4 Å². The molecule has 0 atom stereocenters. The lowest BCUT2D eigenvalue weighted by molar-refractivity contribution is -0.136. The molecule has 0 fully saturated rings. The summed E-state index contributed by atoms with van der Waals surface area (Å²) in [6.45, 7) is 0. The number of aryl methyl sites for hydroxylation is 1. The summed E-state index contributed by atoms with van der Waals surface area (Å²) in [5, 5.41) is 22.2. The first-order valence-corrected chi connectivity index (χ1v) is 5.67. The van der Waals surface area contributed by atoms with Gasteiger partial charge in [-0.15, -0.1) is 0 Å². The minimum Gasteiger partial charge on any atom is -0.506 e. The van der Waals surface area contributed by atoms with Crippen LogP contribution in [0.25, 0.3) is 5.69 Å². The number of carbonyl (C=O) groups is 1. The van der Waals surface area contributed by atoms with E-state index < -0.39 is 11.5 Å². The largest absolute Gasteiger partial charge is 0.506 e. The van der Waals surface area contributed by atoms with Crippen molar-refractivity contribution in [2.45, 2.75) is 12.8 Å². The van der Waals surface area contributed by atoms with E-state index in [-0.39, 0.29) is 24.3 Å². The molecule has 1 aromatic carbocycles. The van der Waals surface area contributed by atoms with Crippen LogP contribution in [0.5, 0.6) is 5.75 Å². The van der Waals surface area contributed by atoms with Crippen molar-refractivity contribution in [1.29, 1.82) is 0 Å². The van der Waals surface area contributed by atoms with Crippen LogP contribution >= 0.6 is 0 Å². The molecule has 2 rings (SSSR count). The third-order valence-electron chi connectivity index (χ3n) is 2.56. The summed E-state index contributed by atoms with van der Waals surface area (Å²) in [4.78, 5) is 22.3. The topological polar surface area (TPSA) is 92.4 Å². The van der Waals surface area contributed by atoms with Gasteiger partial charge in [-0.1, -0.05) is 18.2 Å². The molecule has 0 aliphatic rings. The average molecular weight is 260 g/mol. The van der Waals surface area contributed by atoms with Crippen LogP contribution in [0, 0.1) is 0 Å². The first kappa shape index (κ1) is 12.8. The fourth-order valence-corrected chi connectivity index (χ4v) is 1.64. The minimum absolute atomic E-state index is 0.0638. The van der Waals surface area contributed by atoms with Gasteiger partial charge in [-0.2, -0.15) is 9.78 Å². The van der Waals surface area contributed by atoms with Crippen LogP contribution in [-0.4, -0.2) is 26.0 Å². The molecule has 6 heteroatoms. The van der Waals surface area contributed by atoms with E-state index in [0.29, 0.717) is 5.69 Å². The summed E-state index contributed by atoms with van der Waals surface area (Å²) in [7, 11) is 0. The van der Waals surface area contributed by atoms with Gasteiger partial charge in [0.05, 0.1) is 12.1 Å². The van der Waals surface area contributed by atoms with E-state index >= 15 is 0 Å². The number of aromatic hydroxyl groups is 1. The molecule has 0 bridgehead atoms.